The number of halogens is 3. The fourth-order valence-electron chi connectivity index (χ4n) is 1.69. The number of hydrogen-bond donors (Lipinski definition) is 1. The van der Waals surface area contributed by atoms with Crippen molar-refractivity contribution in [1.82, 2.24) is 0 Å². The van der Waals surface area contributed by atoms with Crippen LogP contribution in [0.1, 0.15) is 18.1 Å². The van der Waals surface area contributed by atoms with Gasteiger partial charge < -0.3 is 14.6 Å². The molecule has 0 aliphatic heterocycles. The Kier molecular flexibility index (Phi) is 4.45. The summed E-state index contributed by atoms with van der Waals surface area (Å²) in [6, 6.07) is 2.40. The van der Waals surface area contributed by atoms with Crippen LogP contribution in [0.25, 0.3) is 0 Å². The third-order valence-corrected chi connectivity index (χ3v) is 2.38. The molecule has 1 aromatic rings. The van der Waals surface area contributed by atoms with Crippen LogP contribution >= 0.6 is 0 Å². The topological polar surface area (TPSA) is 38.7 Å². The Morgan fingerprint density at radius 2 is 1.83 bits per heavy atom. The molecular weight excluding hydrogens is 249 g/mol. The number of rotatable bonds is 4. The molecule has 1 rings (SSSR count). The second-order valence-corrected chi connectivity index (χ2v) is 3.93. The number of ether oxygens (including phenoxy) is 2. The van der Waals surface area contributed by atoms with Crippen LogP contribution in [-0.4, -0.2) is 25.4 Å². The Labute approximate surface area is 103 Å². The predicted octanol–water partition coefficient (Wildman–Crippen LogP) is 2.65. The van der Waals surface area contributed by atoms with Crippen LogP contribution in [0.3, 0.4) is 0 Å². The molecule has 0 bridgehead atoms. The minimum absolute atomic E-state index is 0.00275. The Hall–Kier alpha value is -1.43. The van der Waals surface area contributed by atoms with Crippen molar-refractivity contribution >= 4 is 0 Å². The molecule has 0 aliphatic rings. The number of aliphatic hydroxyl groups is 1. The van der Waals surface area contributed by atoms with Crippen molar-refractivity contribution in [3.8, 4) is 11.5 Å². The van der Waals surface area contributed by atoms with Gasteiger partial charge in [0, 0.05) is 0 Å². The van der Waals surface area contributed by atoms with Gasteiger partial charge in [-0.1, -0.05) is 0 Å². The zero-order chi connectivity index (χ0) is 13.9. The van der Waals surface area contributed by atoms with Gasteiger partial charge >= 0.3 is 6.18 Å². The number of benzene rings is 1. The average molecular weight is 264 g/mol. The molecule has 1 aromatic carbocycles. The summed E-state index contributed by atoms with van der Waals surface area (Å²) in [5.74, 6) is -0.345. The van der Waals surface area contributed by atoms with E-state index in [4.69, 9.17) is 9.47 Å². The van der Waals surface area contributed by atoms with Crippen LogP contribution in [0, 0.1) is 0 Å². The summed E-state index contributed by atoms with van der Waals surface area (Å²) in [6.45, 7) is 1.50. The SMILES string of the molecule is COc1cc(CC(C)O)cc(C(F)(F)F)c1OC. The van der Waals surface area contributed by atoms with Crippen molar-refractivity contribution in [3.63, 3.8) is 0 Å². The molecule has 0 radical (unpaired) electrons. The second kappa shape index (κ2) is 5.48. The van der Waals surface area contributed by atoms with Gasteiger partial charge in [-0.15, -0.1) is 0 Å². The first-order chi connectivity index (χ1) is 8.29. The van der Waals surface area contributed by atoms with E-state index in [1.807, 2.05) is 0 Å². The zero-order valence-electron chi connectivity index (χ0n) is 10.3. The van der Waals surface area contributed by atoms with Crippen molar-refractivity contribution in [2.45, 2.75) is 25.6 Å². The van der Waals surface area contributed by atoms with Crippen molar-refractivity contribution in [2.24, 2.45) is 0 Å². The van der Waals surface area contributed by atoms with Crippen molar-refractivity contribution < 1.29 is 27.8 Å². The molecule has 0 fully saturated rings. The molecule has 1 unspecified atom stereocenters. The van der Waals surface area contributed by atoms with Gasteiger partial charge in [0.25, 0.3) is 0 Å². The highest BCUT2D eigenvalue weighted by molar-refractivity contribution is 5.51. The smallest absolute Gasteiger partial charge is 0.420 e. The minimum Gasteiger partial charge on any atom is -0.493 e. The number of aliphatic hydroxyl groups excluding tert-OH is 1. The molecule has 0 amide bonds. The molecule has 0 heterocycles. The summed E-state index contributed by atoms with van der Waals surface area (Å²) in [7, 11) is 2.42. The summed E-state index contributed by atoms with van der Waals surface area (Å²) in [4.78, 5) is 0. The Morgan fingerprint density at radius 1 is 1.22 bits per heavy atom. The molecule has 102 valence electrons. The van der Waals surface area contributed by atoms with Crippen LogP contribution in [0.15, 0.2) is 12.1 Å². The van der Waals surface area contributed by atoms with Gasteiger partial charge in [-0.3, -0.25) is 0 Å². The Morgan fingerprint density at radius 3 is 2.22 bits per heavy atom. The fraction of sp³-hybridized carbons (Fsp3) is 0.500. The quantitative estimate of drug-likeness (QED) is 0.908. The maximum atomic E-state index is 12.9. The largest absolute Gasteiger partial charge is 0.493 e. The summed E-state index contributed by atoms with van der Waals surface area (Å²) in [5.41, 5.74) is -0.560. The van der Waals surface area contributed by atoms with Gasteiger partial charge in [0.15, 0.2) is 11.5 Å². The highest BCUT2D eigenvalue weighted by atomic mass is 19.4. The van der Waals surface area contributed by atoms with E-state index in [2.05, 4.69) is 0 Å². The minimum atomic E-state index is -4.53. The van der Waals surface area contributed by atoms with Gasteiger partial charge in [-0.05, 0) is 31.0 Å². The molecular formula is C12H15F3O3. The predicted molar refractivity (Wildman–Crippen MR) is 59.9 cm³/mol. The highest BCUT2D eigenvalue weighted by Crippen LogP contribution is 2.42. The molecule has 3 nitrogen and oxygen atoms in total. The maximum absolute atomic E-state index is 12.9. The van der Waals surface area contributed by atoms with E-state index in [0.717, 1.165) is 13.2 Å². The van der Waals surface area contributed by atoms with Crippen molar-refractivity contribution in [1.29, 1.82) is 0 Å². The van der Waals surface area contributed by atoms with Crippen LogP contribution in [0.5, 0.6) is 11.5 Å². The van der Waals surface area contributed by atoms with E-state index >= 15 is 0 Å². The number of methoxy groups -OCH3 is 2. The first-order valence-electron chi connectivity index (χ1n) is 5.29. The fourth-order valence-corrected chi connectivity index (χ4v) is 1.69. The van der Waals surface area contributed by atoms with E-state index in [1.54, 1.807) is 0 Å². The molecule has 6 heteroatoms. The summed E-state index contributed by atoms with van der Waals surface area (Å²) in [5, 5.41) is 9.24. The highest BCUT2D eigenvalue weighted by Gasteiger charge is 2.36. The van der Waals surface area contributed by atoms with E-state index < -0.39 is 17.8 Å². The second-order valence-electron chi connectivity index (χ2n) is 3.93. The van der Waals surface area contributed by atoms with Gasteiger partial charge in [-0.2, -0.15) is 13.2 Å². The summed E-state index contributed by atoms with van der Waals surface area (Å²) < 4.78 is 48.2. The van der Waals surface area contributed by atoms with Gasteiger partial charge in [-0.25, -0.2) is 0 Å². The van der Waals surface area contributed by atoms with Gasteiger partial charge in [0.05, 0.1) is 20.3 Å². The van der Waals surface area contributed by atoms with Crippen LogP contribution in [0.2, 0.25) is 0 Å². The molecule has 1 atom stereocenters. The summed E-state index contributed by atoms with van der Waals surface area (Å²) in [6.07, 6.45) is -5.15. The first kappa shape index (κ1) is 14.6. The zero-order valence-corrected chi connectivity index (χ0v) is 10.3. The van der Waals surface area contributed by atoms with E-state index in [-0.39, 0.29) is 17.9 Å². The third-order valence-electron chi connectivity index (χ3n) is 2.38. The lowest BCUT2D eigenvalue weighted by molar-refractivity contribution is -0.139. The number of hydrogen-bond acceptors (Lipinski definition) is 3. The van der Waals surface area contributed by atoms with E-state index in [9.17, 15) is 18.3 Å². The van der Waals surface area contributed by atoms with Gasteiger partial charge in [0.1, 0.15) is 5.56 Å². The lowest BCUT2D eigenvalue weighted by Crippen LogP contribution is -2.11. The average Bonchev–Trinajstić information content (AvgIpc) is 2.25. The van der Waals surface area contributed by atoms with Gasteiger partial charge in [0.2, 0.25) is 0 Å². The molecule has 0 saturated carbocycles. The van der Waals surface area contributed by atoms with Crippen LogP contribution < -0.4 is 9.47 Å². The molecule has 18 heavy (non-hydrogen) atoms. The normalized spacial score (nSPS) is 13.3. The molecule has 0 spiro atoms. The Bertz CT molecular complexity index is 414. The standard InChI is InChI=1S/C12H15F3O3/c1-7(16)4-8-5-9(12(13,14)15)11(18-3)10(6-8)17-2/h5-7,16H,4H2,1-3H3. The molecule has 0 saturated heterocycles. The van der Waals surface area contributed by atoms with Crippen LogP contribution in [-0.2, 0) is 12.6 Å². The molecule has 0 aromatic heterocycles. The summed E-state index contributed by atoms with van der Waals surface area (Å²) >= 11 is 0. The Balaban J connectivity index is 3.36. The van der Waals surface area contributed by atoms with Crippen molar-refractivity contribution in [2.75, 3.05) is 14.2 Å². The lowest BCUT2D eigenvalue weighted by Gasteiger charge is -2.17. The number of alkyl halides is 3. The van der Waals surface area contributed by atoms with E-state index in [0.29, 0.717) is 5.56 Å². The molecule has 0 aliphatic carbocycles. The maximum Gasteiger partial charge on any atom is 0.420 e. The first-order valence-corrected chi connectivity index (χ1v) is 5.29. The lowest BCUT2D eigenvalue weighted by atomic mass is 10.0. The molecule has 1 N–H and O–H groups in total. The van der Waals surface area contributed by atoms with Crippen LogP contribution in [0.4, 0.5) is 13.2 Å². The monoisotopic (exact) mass is 264 g/mol. The van der Waals surface area contributed by atoms with E-state index in [1.165, 1.54) is 20.1 Å². The third kappa shape index (κ3) is 3.29. The van der Waals surface area contributed by atoms with Crippen molar-refractivity contribution in [3.05, 3.63) is 23.3 Å².